The van der Waals surface area contributed by atoms with Crippen LogP contribution in [0.15, 0.2) is 60.8 Å². The highest BCUT2D eigenvalue weighted by Crippen LogP contribution is 2.44. The normalized spacial score (nSPS) is 14.8. The molecule has 0 amide bonds. The van der Waals surface area contributed by atoms with Gasteiger partial charge in [0.1, 0.15) is 24.7 Å². The molecule has 0 spiro atoms. The number of aromatic nitrogens is 2. The summed E-state index contributed by atoms with van der Waals surface area (Å²) >= 11 is 1.68. The van der Waals surface area contributed by atoms with Gasteiger partial charge in [0.05, 0.1) is 22.2 Å². The van der Waals surface area contributed by atoms with Crippen molar-refractivity contribution in [2.45, 2.75) is 18.5 Å². The van der Waals surface area contributed by atoms with E-state index in [1.165, 1.54) is 0 Å². The van der Waals surface area contributed by atoms with Crippen LogP contribution in [-0.4, -0.2) is 22.3 Å². The molecule has 1 unspecified atom stereocenters. The van der Waals surface area contributed by atoms with Gasteiger partial charge in [0, 0.05) is 23.2 Å². The fourth-order valence-electron chi connectivity index (χ4n) is 3.83. The smallest absolute Gasteiger partial charge is 0.161 e. The zero-order valence-corrected chi connectivity index (χ0v) is 18.4. The Bertz CT molecular complexity index is 1320. The second-order valence-electron chi connectivity index (χ2n) is 7.58. The Balaban J connectivity index is 1.41. The summed E-state index contributed by atoms with van der Waals surface area (Å²) in [7, 11) is 0. The average molecular weight is 465 g/mol. The van der Waals surface area contributed by atoms with Crippen LogP contribution >= 0.6 is 11.8 Å². The SMILES string of the molecule is [NH-]CCSC1c2cc(OCc3ccc4cc(F)c(F)cc4n3)ccc2OCc2ncccc21. The maximum absolute atomic E-state index is 13.6. The van der Waals surface area contributed by atoms with Crippen LogP contribution in [0.5, 0.6) is 11.5 Å². The first kappa shape index (κ1) is 21.6. The first-order valence-corrected chi connectivity index (χ1v) is 11.5. The minimum absolute atomic E-state index is 0.0169. The van der Waals surface area contributed by atoms with Gasteiger partial charge in [-0.25, -0.2) is 13.8 Å². The minimum atomic E-state index is -0.926. The van der Waals surface area contributed by atoms with Gasteiger partial charge in [0.25, 0.3) is 0 Å². The third-order valence-corrected chi connectivity index (χ3v) is 6.68. The van der Waals surface area contributed by atoms with E-state index < -0.39 is 11.6 Å². The summed E-state index contributed by atoms with van der Waals surface area (Å²) in [5.74, 6) is 0.277. The first-order valence-electron chi connectivity index (χ1n) is 10.5. The van der Waals surface area contributed by atoms with Gasteiger partial charge >= 0.3 is 0 Å². The molecule has 0 fully saturated rings. The van der Waals surface area contributed by atoms with Gasteiger partial charge in [-0.1, -0.05) is 12.1 Å². The number of benzene rings is 2. The molecule has 168 valence electrons. The van der Waals surface area contributed by atoms with Gasteiger partial charge in [0.2, 0.25) is 0 Å². The molecule has 0 saturated carbocycles. The van der Waals surface area contributed by atoms with Crippen LogP contribution in [0.4, 0.5) is 8.78 Å². The second kappa shape index (κ2) is 9.33. The summed E-state index contributed by atoms with van der Waals surface area (Å²) in [4.78, 5) is 8.87. The molecule has 3 heterocycles. The van der Waals surface area contributed by atoms with Crippen LogP contribution in [0.2, 0.25) is 0 Å². The number of hydrogen-bond donors (Lipinski definition) is 0. The molecule has 1 atom stereocenters. The van der Waals surface area contributed by atoms with Gasteiger partial charge in [0.15, 0.2) is 11.6 Å². The Labute approximate surface area is 194 Å². The Morgan fingerprint density at radius 1 is 1.06 bits per heavy atom. The maximum Gasteiger partial charge on any atom is 0.161 e. The molecular formula is C25H20F2N3O2S-. The van der Waals surface area contributed by atoms with Gasteiger partial charge < -0.3 is 15.2 Å². The maximum atomic E-state index is 13.6. The Morgan fingerprint density at radius 3 is 2.82 bits per heavy atom. The van der Waals surface area contributed by atoms with Gasteiger partial charge in [-0.05, 0) is 47.7 Å². The quantitative estimate of drug-likeness (QED) is 0.337. The van der Waals surface area contributed by atoms with Crippen molar-refractivity contribution < 1.29 is 18.3 Å². The van der Waals surface area contributed by atoms with E-state index in [4.69, 9.17) is 15.2 Å². The molecule has 1 aliphatic rings. The van der Waals surface area contributed by atoms with Crippen LogP contribution in [0.1, 0.15) is 27.8 Å². The van der Waals surface area contributed by atoms with Crippen LogP contribution < -0.4 is 9.47 Å². The molecule has 1 aliphatic heterocycles. The van der Waals surface area contributed by atoms with Crippen molar-refractivity contribution in [1.29, 1.82) is 0 Å². The van der Waals surface area contributed by atoms with Crippen LogP contribution in [0.25, 0.3) is 16.6 Å². The Hall–Kier alpha value is -3.23. The van der Waals surface area contributed by atoms with E-state index >= 15 is 0 Å². The summed E-state index contributed by atoms with van der Waals surface area (Å²) in [6.07, 6.45) is 1.76. The molecule has 33 heavy (non-hydrogen) atoms. The predicted octanol–water partition coefficient (Wildman–Crippen LogP) is 6.25. The van der Waals surface area contributed by atoms with E-state index in [9.17, 15) is 8.78 Å². The van der Waals surface area contributed by atoms with Crippen molar-refractivity contribution in [3.05, 3.63) is 101 Å². The lowest BCUT2D eigenvalue weighted by atomic mass is 10.0. The number of pyridine rings is 2. The van der Waals surface area contributed by atoms with Crippen molar-refractivity contribution in [3.63, 3.8) is 0 Å². The minimum Gasteiger partial charge on any atom is -0.677 e. The number of halogens is 2. The molecular weight excluding hydrogens is 444 g/mol. The second-order valence-corrected chi connectivity index (χ2v) is 8.79. The van der Waals surface area contributed by atoms with Crippen LogP contribution in [0.3, 0.4) is 0 Å². The fraction of sp³-hybridized carbons (Fsp3) is 0.200. The number of ether oxygens (including phenoxy) is 2. The molecule has 1 N–H and O–H groups in total. The predicted molar refractivity (Wildman–Crippen MR) is 124 cm³/mol. The lowest BCUT2D eigenvalue weighted by Gasteiger charge is -2.20. The van der Waals surface area contributed by atoms with E-state index in [2.05, 4.69) is 16.0 Å². The third-order valence-electron chi connectivity index (χ3n) is 5.40. The van der Waals surface area contributed by atoms with Crippen molar-refractivity contribution in [3.8, 4) is 11.5 Å². The van der Waals surface area contributed by atoms with E-state index in [1.807, 2.05) is 24.3 Å². The summed E-state index contributed by atoms with van der Waals surface area (Å²) in [6.45, 7) is 0.887. The number of thioether (sulfide) groups is 1. The lowest BCUT2D eigenvalue weighted by Crippen LogP contribution is -2.03. The molecule has 0 bridgehead atoms. The van der Waals surface area contributed by atoms with Crippen molar-refractivity contribution in [2.75, 3.05) is 12.3 Å². The summed E-state index contributed by atoms with van der Waals surface area (Å²) in [5.41, 5.74) is 11.5. The molecule has 0 saturated heterocycles. The average Bonchev–Trinajstić information content (AvgIpc) is 2.98. The number of nitrogens with one attached hydrogen (secondary N) is 1. The highest BCUT2D eigenvalue weighted by Gasteiger charge is 2.26. The zero-order chi connectivity index (χ0) is 22.8. The van der Waals surface area contributed by atoms with Crippen LogP contribution in [0, 0.1) is 11.6 Å². The van der Waals surface area contributed by atoms with E-state index in [-0.39, 0.29) is 11.9 Å². The largest absolute Gasteiger partial charge is 0.677 e. The molecule has 8 heteroatoms. The highest BCUT2D eigenvalue weighted by atomic mass is 32.2. The van der Waals surface area contributed by atoms with Gasteiger partial charge in [-0.2, -0.15) is 11.8 Å². The Morgan fingerprint density at radius 2 is 1.94 bits per heavy atom. The highest BCUT2D eigenvalue weighted by molar-refractivity contribution is 7.99. The lowest BCUT2D eigenvalue weighted by molar-refractivity contribution is 0.293. The van der Waals surface area contributed by atoms with Crippen LogP contribution in [-0.2, 0) is 13.2 Å². The molecule has 5 nitrogen and oxygen atoms in total. The fourth-order valence-corrected chi connectivity index (χ4v) is 4.94. The molecule has 0 radical (unpaired) electrons. The van der Waals surface area contributed by atoms with Crippen molar-refractivity contribution in [1.82, 2.24) is 9.97 Å². The number of rotatable bonds is 6. The van der Waals surface area contributed by atoms with Gasteiger partial charge in [-0.15, -0.1) is 6.54 Å². The molecule has 2 aromatic heterocycles. The summed E-state index contributed by atoms with van der Waals surface area (Å²) in [5, 5.41) is 0.512. The third kappa shape index (κ3) is 4.49. The van der Waals surface area contributed by atoms with E-state index in [0.29, 0.717) is 41.3 Å². The topological polar surface area (TPSA) is 68.0 Å². The molecule has 0 aliphatic carbocycles. The monoisotopic (exact) mass is 464 g/mol. The van der Waals surface area contributed by atoms with E-state index in [0.717, 1.165) is 34.7 Å². The Kier molecular flexibility index (Phi) is 6.11. The standard InChI is InChI=1S/C25H20F2N3O2S/c26-20-10-15-3-4-16(30-22(15)12-21(20)27)13-31-17-5-6-24-19(11-17)25(33-9-7-28)18-2-1-8-29-23(18)14-32-24/h1-6,8,10-12,25,28H,7,9,13-14H2/q-1. The molecule has 5 rings (SSSR count). The first-order chi connectivity index (χ1) is 16.1. The number of nitrogens with zero attached hydrogens (tertiary/aromatic N) is 2. The van der Waals surface area contributed by atoms with Crippen molar-refractivity contribution >= 4 is 22.7 Å². The zero-order valence-electron chi connectivity index (χ0n) is 17.6. The molecule has 2 aromatic carbocycles. The summed E-state index contributed by atoms with van der Waals surface area (Å²) in [6, 6.07) is 15.3. The number of hydrogen-bond acceptors (Lipinski definition) is 5. The number of fused-ring (bicyclic) bond motifs is 3. The van der Waals surface area contributed by atoms with Gasteiger partial charge in [-0.3, -0.25) is 4.98 Å². The van der Waals surface area contributed by atoms with Crippen molar-refractivity contribution in [2.24, 2.45) is 0 Å². The van der Waals surface area contributed by atoms with E-state index in [1.54, 1.807) is 30.1 Å². The summed E-state index contributed by atoms with van der Waals surface area (Å²) < 4.78 is 39.0. The molecule has 4 aromatic rings.